The Morgan fingerprint density at radius 1 is 1.04 bits per heavy atom. The molecule has 0 fully saturated rings. The van der Waals surface area contributed by atoms with E-state index in [0.29, 0.717) is 5.56 Å². The van der Waals surface area contributed by atoms with E-state index in [4.69, 9.17) is 4.74 Å². The molecule has 0 amide bonds. The van der Waals surface area contributed by atoms with Crippen LogP contribution in [0.3, 0.4) is 0 Å². The molecule has 6 heteroatoms. The van der Waals surface area contributed by atoms with Crippen molar-refractivity contribution in [3.8, 4) is 0 Å². The van der Waals surface area contributed by atoms with Crippen LogP contribution in [0.2, 0.25) is 0 Å². The van der Waals surface area contributed by atoms with Gasteiger partial charge in [0.25, 0.3) is 0 Å². The van der Waals surface area contributed by atoms with E-state index in [-0.39, 0.29) is 23.7 Å². The van der Waals surface area contributed by atoms with Crippen LogP contribution < -0.4 is 0 Å². The predicted molar refractivity (Wildman–Crippen MR) is 105 cm³/mol. The van der Waals surface area contributed by atoms with Crippen molar-refractivity contribution in [2.45, 2.75) is 25.2 Å². The number of carbonyl (C=O) groups excluding carboxylic acids is 1. The van der Waals surface area contributed by atoms with Crippen LogP contribution in [0.1, 0.15) is 28.0 Å². The van der Waals surface area contributed by atoms with Gasteiger partial charge in [0.05, 0.1) is 28.3 Å². The molecule has 5 nitrogen and oxygen atoms in total. The van der Waals surface area contributed by atoms with Crippen LogP contribution in [0.5, 0.6) is 0 Å². The summed E-state index contributed by atoms with van der Waals surface area (Å²) < 4.78 is 29.8. The number of nitrogens with zero attached hydrogens (tertiary/aromatic N) is 1. The van der Waals surface area contributed by atoms with Crippen molar-refractivity contribution in [2.75, 3.05) is 12.4 Å². The molecule has 0 unspecified atom stereocenters. The normalized spacial score (nSPS) is 11.5. The molecular weight excluding hydrogens is 362 g/mol. The molecule has 1 aromatic heterocycles. The zero-order valence-electron chi connectivity index (χ0n) is 15.3. The van der Waals surface area contributed by atoms with E-state index >= 15 is 0 Å². The van der Waals surface area contributed by atoms with Crippen molar-refractivity contribution in [1.29, 1.82) is 0 Å². The highest BCUT2D eigenvalue weighted by atomic mass is 32.2. The number of hydrogen-bond donors (Lipinski definition) is 0. The standard InChI is InChI=1S/C21H21NO4S/c1-15-9-10-20-18(13-15)19(14-16(2)22-20)21(23)26-11-6-12-27(24,25)17-7-4-3-5-8-17/h3-5,7-10,13-14H,6,11-12H2,1-2H3. The lowest BCUT2D eigenvalue weighted by molar-refractivity contribution is 0.0508. The summed E-state index contributed by atoms with van der Waals surface area (Å²) in [6, 6.07) is 15.7. The van der Waals surface area contributed by atoms with Gasteiger partial charge in [-0.25, -0.2) is 13.2 Å². The third-order valence-electron chi connectivity index (χ3n) is 4.21. The van der Waals surface area contributed by atoms with Crippen LogP contribution in [0.15, 0.2) is 59.5 Å². The number of ether oxygens (including phenoxy) is 1. The van der Waals surface area contributed by atoms with E-state index in [9.17, 15) is 13.2 Å². The number of benzene rings is 2. The van der Waals surface area contributed by atoms with Gasteiger partial charge < -0.3 is 4.74 Å². The van der Waals surface area contributed by atoms with Crippen LogP contribution in [-0.4, -0.2) is 31.7 Å². The summed E-state index contributed by atoms with van der Waals surface area (Å²) in [6.45, 7) is 3.81. The molecule has 140 valence electrons. The molecule has 0 spiro atoms. The minimum Gasteiger partial charge on any atom is -0.462 e. The van der Waals surface area contributed by atoms with Gasteiger partial charge in [0.15, 0.2) is 9.84 Å². The van der Waals surface area contributed by atoms with Crippen molar-refractivity contribution in [2.24, 2.45) is 0 Å². The first-order valence-electron chi connectivity index (χ1n) is 8.70. The molecule has 0 saturated carbocycles. The molecule has 2 aromatic carbocycles. The molecule has 0 saturated heterocycles. The van der Waals surface area contributed by atoms with Crippen LogP contribution in [0.25, 0.3) is 10.9 Å². The molecule has 0 N–H and O–H groups in total. The van der Waals surface area contributed by atoms with Gasteiger partial charge in [-0.2, -0.15) is 0 Å². The SMILES string of the molecule is Cc1ccc2nc(C)cc(C(=O)OCCCS(=O)(=O)c3ccccc3)c2c1. The number of esters is 1. The molecule has 0 bridgehead atoms. The first-order chi connectivity index (χ1) is 12.9. The third kappa shape index (κ3) is 4.52. The van der Waals surface area contributed by atoms with Crippen LogP contribution in [0.4, 0.5) is 0 Å². The number of pyridine rings is 1. The van der Waals surface area contributed by atoms with Crippen LogP contribution >= 0.6 is 0 Å². The quantitative estimate of drug-likeness (QED) is 0.477. The Bertz CT molecular complexity index is 1080. The topological polar surface area (TPSA) is 73.3 Å². The molecule has 3 aromatic rings. The summed E-state index contributed by atoms with van der Waals surface area (Å²) in [6.07, 6.45) is 0.240. The second-order valence-corrected chi connectivity index (χ2v) is 8.56. The summed E-state index contributed by atoms with van der Waals surface area (Å²) in [5.74, 6) is -0.535. The smallest absolute Gasteiger partial charge is 0.338 e. The second-order valence-electron chi connectivity index (χ2n) is 6.45. The highest BCUT2D eigenvalue weighted by Gasteiger charge is 2.16. The zero-order valence-corrected chi connectivity index (χ0v) is 16.1. The van der Waals surface area contributed by atoms with Gasteiger partial charge in [-0.3, -0.25) is 4.98 Å². The van der Waals surface area contributed by atoms with Crippen molar-refractivity contribution in [3.05, 3.63) is 71.4 Å². The van der Waals surface area contributed by atoms with Gasteiger partial charge in [-0.05, 0) is 50.6 Å². The highest BCUT2D eigenvalue weighted by molar-refractivity contribution is 7.91. The maximum absolute atomic E-state index is 12.5. The second kappa shape index (κ2) is 7.88. The van der Waals surface area contributed by atoms with Crippen LogP contribution in [-0.2, 0) is 14.6 Å². The summed E-state index contributed by atoms with van der Waals surface area (Å²) in [5.41, 5.74) is 2.94. The zero-order chi connectivity index (χ0) is 19.4. The maximum atomic E-state index is 12.5. The summed E-state index contributed by atoms with van der Waals surface area (Å²) >= 11 is 0. The van der Waals surface area contributed by atoms with E-state index < -0.39 is 15.8 Å². The van der Waals surface area contributed by atoms with Gasteiger partial charge in [-0.1, -0.05) is 29.8 Å². The minimum atomic E-state index is -3.37. The monoisotopic (exact) mass is 383 g/mol. The number of aryl methyl sites for hydroxylation is 2. The number of hydrogen-bond acceptors (Lipinski definition) is 5. The van der Waals surface area contributed by atoms with Crippen molar-refractivity contribution < 1.29 is 17.9 Å². The van der Waals surface area contributed by atoms with Crippen LogP contribution in [0, 0.1) is 13.8 Å². The lowest BCUT2D eigenvalue weighted by atomic mass is 10.1. The lowest BCUT2D eigenvalue weighted by Gasteiger charge is -2.09. The Kier molecular flexibility index (Phi) is 5.56. The Morgan fingerprint density at radius 2 is 1.78 bits per heavy atom. The van der Waals surface area contributed by atoms with Gasteiger partial charge in [0.1, 0.15) is 0 Å². The van der Waals surface area contributed by atoms with Crippen molar-refractivity contribution in [1.82, 2.24) is 4.98 Å². The van der Waals surface area contributed by atoms with Gasteiger partial charge >= 0.3 is 5.97 Å². The average Bonchev–Trinajstić information content (AvgIpc) is 2.65. The fraction of sp³-hybridized carbons (Fsp3) is 0.238. The molecule has 0 aliphatic heterocycles. The molecule has 0 aliphatic rings. The van der Waals surface area contributed by atoms with E-state index in [2.05, 4.69) is 4.98 Å². The van der Waals surface area contributed by atoms with E-state index in [1.807, 2.05) is 32.0 Å². The number of aromatic nitrogens is 1. The van der Waals surface area contributed by atoms with E-state index in [1.165, 1.54) is 0 Å². The summed E-state index contributed by atoms with van der Waals surface area (Å²) in [4.78, 5) is 17.2. The number of rotatable bonds is 6. The molecule has 0 atom stereocenters. The molecule has 0 radical (unpaired) electrons. The largest absolute Gasteiger partial charge is 0.462 e. The molecule has 0 aliphatic carbocycles. The fourth-order valence-electron chi connectivity index (χ4n) is 2.88. The Morgan fingerprint density at radius 3 is 2.52 bits per heavy atom. The van der Waals surface area contributed by atoms with E-state index in [1.54, 1.807) is 36.4 Å². The number of fused-ring (bicyclic) bond motifs is 1. The Labute approximate surface area is 158 Å². The average molecular weight is 383 g/mol. The minimum absolute atomic E-state index is 0.0412. The van der Waals surface area contributed by atoms with Gasteiger partial charge in [0, 0.05) is 11.1 Å². The molecule has 3 rings (SSSR count). The van der Waals surface area contributed by atoms with Gasteiger partial charge in [-0.15, -0.1) is 0 Å². The number of carbonyl (C=O) groups is 1. The summed E-state index contributed by atoms with van der Waals surface area (Å²) in [7, 11) is -3.37. The predicted octanol–water partition coefficient (Wildman–Crippen LogP) is 3.87. The fourth-order valence-corrected chi connectivity index (χ4v) is 4.18. The molecule has 1 heterocycles. The van der Waals surface area contributed by atoms with E-state index in [0.717, 1.165) is 22.2 Å². The Balaban J connectivity index is 1.67. The van der Waals surface area contributed by atoms with Gasteiger partial charge in [0.2, 0.25) is 0 Å². The lowest BCUT2D eigenvalue weighted by Crippen LogP contribution is -2.13. The number of sulfone groups is 1. The van der Waals surface area contributed by atoms with Crippen molar-refractivity contribution >= 4 is 26.7 Å². The highest BCUT2D eigenvalue weighted by Crippen LogP contribution is 2.21. The summed E-state index contributed by atoms with van der Waals surface area (Å²) in [5, 5.41) is 0.738. The maximum Gasteiger partial charge on any atom is 0.338 e. The third-order valence-corrected chi connectivity index (χ3v) is 6.02. The molecule has 27 heavy (non-hydrogen) atoms. The first-order valence-corrected chi connectivity index (χ1v) is 10.3. The molecular formula is C21H21NO4S. The Hall–Kier alpha value is -2.73. The van der Waals surface area contributed by atoms with Crippen molar-refractivity contribution in [3.63, 3.8) is 0 Å². The first kappa shape index (κ1) is 19.0.